The Balaban J connectivity index is 1.68. The van der Waals surface area contributed by atoms with E-state index in [1.54, 1.807) is 22.4 Å². The number of hydrogen-bond acceptors (Lipinski definition) is 6. The first-order chi connectivity index (χ1) is 14.3. The Kier molecular flexibility index (Phi) is 4.57. The number of rotatable bonds is 5. The summed E-state index contributed by atoms with van der Waals surface area (Å²) in [6.07, 6.45) is 3.86. The lowest BCUT2D eigenvalue weighted by molar-refractivity contribution is 0.0963. The molecule has 0 saturated carbocycles. The summed E-state index contributed by atoms with van der Waals surface area (Å²) in [6.45, 7) is 1.62. The van der Waals surface area contributed by atoms with E-state index in [-0.39, 0.29) is 11.7 Å². The summed E-state index contributed by atoms with van der Waals surface area (Å²) in [6, 6.07) is 11.8. The molecule has 1 fully saturated rings. The van der Waals surface area contributed by atoms with Gasteiger partial charge >= 0.3 is 0 Å². The van der Waals surface area contributed by atoms with Crippen LogP contribution in [0.4, 0.5) is 0 Å². The van der Waals surface area contributed by atoms with E-state index in [0.29, 0.717) is 29.8 Å². The van der Waals surface area contributed by atoms with Gasteiger partial charge in [-0.3, -0.25) is 4.79 Å². The number of hydrogen-bond donors (Lipinski definition) is 0. The first-order valence-corrected chi connectivity index (χ1v) is 9.69. The number of methoxy groups -OCH3 is 1. The van der Waals surface area contributed by atoms with Gasteiger partial charge in [-0.2, -0.15) is 5.10 Å². The van der Waals surface area contributed by atoms with Crippen molar-refractivity contribution < 1.29 is 9.47 Å². The summed E-state index contributed by atoms with van der Waals surface area (Å²) in [5, 5.41) is 13.3. The summed E-state index contributed by atoms with van der Waals surface area (Å²) in [7, 11) is 1.63. The van der Waals surface area contributed by atoms with E-state index >= 15 is 0 Å². The summed E-state index contributed by atoms with van der Waals surface area (Å²) in [4.78, 5) is 13.0. The molecule has 1 aliphatic rings. The molecule has 8 nitrogen and oxygen atoms in total. The predicted octanol–water partition coefficient (Wildman–Crippen LogP) is 2.43. The summed E-state index contributed by atoms with van der Waals surface area (Å²) in [5.41, 5.74) is 3.95. The summed E-state index contributed by atoms with van der Waals surface area (Å²) in [5.74, 6) is 0. The maximum absolute atomic E-state index is 13.0. The largest absolute Gasteiger partial charge is 0.378 e. The Hall–Kier alpha value is -3.10. The molecule has 0 aliphatic carbocycles. The van der Waals surface area contributed by atoms with E-state index in [9.17, 15) is 4.79 Å². The molecule has 0 bridgehead atoms. The van der Waals surface area contributed by atoms with Crippen LogP contribution in [0, 0.1) is 0 Å². The second-order valence-electron chi connectivity index (χ2n) is 7.20. The van der Waals surface area contributed by atoms with Crippen molar-refractivity contribution in [2.75, 3.05) is 13.7 Å². The molecule has 0 amide bonds. The first kappa shape index (κ1) is 18.0. The van der Waals surface area contributed by atoms with Crippen molar-refractivity contribution in [3.63, 3.8) is 0 Å². The number of pyridine rings is 1. The van der Waals surface area contributed by atoms with Crippen LogP contribution < -0.4 is 5.56 Å². The second-order valence-corrected chi connectivity index (χ2v) is 7.20. The van der Waals surface area contributed by atoms with E-state index in [2.05, 4.69) is 10.2 Å². The molecule has 29 heavy (non-hydrogen) atoms. The maximum atomic E-state index is 13.0. The van der Waals surface area contributed by atoms with E-state index in [1.807, 2.05) is 36.4 Å². The highest BCUT2D eigenvalue weighted by molar-refractivity contribution is 5.84. The number of ether oxygens (including phenoxy) is 2. The topological polar surface area (TPSA) is 83.5 Å². The molecule has 4 aromatic rings. The Labute approximate surface area is 166 Å². The van der Waals surface area contributed by atoms with E-state index in [0.717, 1.165) is 36.3 Å². The van der Waals surface area contributed by atoms with Crippen LogP contribution in [0.2, 0.25) is 0 Å². The van der Waals surface area contributed by atoms with Crippen LogP contribution in [0.3, 0.4) is 0 Å². The van der Waals surface area contributed by atoms with Gasteiger partial charge in [-0.1, -0.05) is 30.3 Å². The minimum absolute atomic E-state index is 0.0736. The van der Waals surface area contributed by atoms with Crippen LogP contribution in [-0.4, -0.2) is 44.2 Å². The fraction of sp³-hybridized carbons (Fsp3) is 0.333. The van der Waals surface area contributed by atoms with Crippen LogP contribution in [0.1, 0.15) is 18.5 Å². The van der Waals surface area contributed by atoms with Gasteiger partial charge in [-0.05, 0) is 24.5 Å². The van der Waals surface area contributed by atoms with E-state index < -0.39 is 0 Å². The van der Waals surface area contributed by atoms with Gasteiger partial charge in [-0.15, -0.1) is 10.2 Å². The van der Waals surface area contributed by atoms with Crippen LogP contribution in [-0.2, 0) is 22.6 Å². The van der Waals surface area contributed by atoms with Crippen molar-refractivity contribution in [3.05, 3.63) is 58.6 Å². The molecule has 3 aromatic heterocycles. The van der Waals surface area contributed by atoms with Gasteiger partial charge in [-0.25, -0.2) is 4.52 Å². The van der Waals surface area contributed by atoms with Crippen LogP contribution in [0.25, 0.3) is 27.8 Å². The molecular formula is C21H21N5O3. The minimum atomic E-state index is -0.183. The normalized spacial score (nSPS) is 16.8. The lowest BCUT2D eigenvalue weighted by Gasteiger charge is -2.12. The number of fused-ring (bicyclic) bond motifs is 3. The molecule has 1 aromatic carbocycles. The Morgan fingerprint density at radius 2 is 2.07 bits per heavy atom. The molecule has 5 rings (SSSR count). The second kappa shape index (κ2) is 7.38. The first-order valence-electron chi connectivity index (χ1n) is 9.69. The number of aromatic nitrogens is 5. The lowest BCUT2D eigenvalue weighted by Crippen LogP contribution is -2.27. The number of benzene rings is 1. The zero-order chi connectivity index (χ0) is 19.8. The number of nitrogens with zero attached hydrogens (tertiary/aromatic N) is 5. The quantitative estimate of drug-likeness (QED) is 0.520. The average Bonchev–Trinajstić information content (AvgIpc) is 3.38. The minimum Gasteiger partial charge on any atom is -0.378 e. The van der Waals surface area contributed by atoms with Crippen molar-refractivity contribution in [2.24, 2.45) is 0 Å². The fourth-order valence-electron chi connectivity index (χ4n) is 3.92. The smallest absolute Gasteiger partial charge is 0.280 e. The molecule has 148 valence electrons. The molecule has 0 unspecified atom stereocenters. The van der Waals surface area contributed by atoms with Crippen molar-refractivity contribution in [1.82, 2.24) is 24.4 Å². The highest BCUT2D eigenvalue weighted by Gasteiger charge is 2.21. The molecule has 1 aliphatic heterocycles. The van der Waals surface area contributed by atoms with Gasteiger partial charge in [0, 0.05) is 19.9 Å². The molecule has 0 radical (unpaired) electrons. The lowest BCUT2D eigenvalue weighted by atomic mass is 10.1. The van der Waals surface area contributed by atoms with Crippen molar-refractivity contribution in [2.45, 2.75) is 32.1 Å². The molecule has 0 spiro atoms. The van der Waals surface area contributed by atoms with Gasteiger partial charge < -0.3 is 14.0 Å². The van der Waals surface area contributed by atoms with Gasteiger partial charge in [0.15, 0.2) is 11.2 Å². The van der Waals surface area contributed by atoms with Gasteiger partial charge in [0.1, 0.15) is 5.52 Å². The SMILES string of the molecule is COCc1nn2c(nnc3c(=O)n(C[C@@H]4CCCO4)ccc32)c1-c1ccccc1. The monoisotopic (exact) mass is 391 g/mol. The van der Waals surface area contributed by atoms with Gasteiger partial charge in [0.2, 0.25) is 0 Å². The molecule has 0 N–H and O–H groups in total. The molecule has 8 heteroatoms. The van der Waals surface area contributed by atoms with E-state index in [4.69, 9.17) is 14.6 Å². The maximum Gasteiger partial charge on any atom is 0.280 e. The third kappa shape index (κ3) is 3.10. The zero-order valence-electron chi connectivity index (χ0n) is 16.1. The van der Waals surface area contributed by atoms with Crippen molar-refractivity contribution >= 4 is 16.7 Å². The Morgan fingerprint density at radius 3 is 2.83 bits per heavy atom. The zero-order valence-corrected chi connectivity index (χ0v) is 16.1. The molecule has 1 atom stereocenters. The van der Waals surface area contributed by atoms with Gasteiger partial charge in [0.05, 0.1) is 30.5 Å². The third-order valence-electron chi connectivity index (χ3n) is 5.29. The highest BCUT2D eigenvalue weighted by Crippen LogP contribution is 2.28. The Morgan fingerprint density at radius 1 is 1.21 bits per heavy atom. The van der Waals surface area contributed by atoms with Crippen molar-refractivity contribution in [1.29, 1.82) is 0 Å². The standard InChI is InChI=1S/C21H21N5O3/c1-28-13-16-18(14-6-3-2-4-7-14)20-23-22-19-17(26(20)24-16)9-10-25(21(19)27)12-15-8-5-11-29-15/h2-4,6-7,9-10,15H,5,8,11-13H2,1H3/t15-/m0/s1. The molecule has 1 saturated heterocycles. The van der Waals surface area contributed by atoms with E-state index in [1.165, 1.54) is 0 Å². The van der Waals surface area contributed by atoms with Crippen molar-refractivity contribution in [3.8, 4) is 11.1 Å². The molecular weight excluding hydrogens is 370 g/mol. The summed E-state index contributed by atoms with van der Waals surface area (Å²) < 4.78 is 14.3. The van der Waals surface area contributed by atoms with Gasteiger partial charge in [0.25, 0.3) is 5.56 Å². The predicted molar refractivity (Wildman–Crippen MR) is 108 cm³/mol. The van der Waals surface area contributed by atoms with Crippen LogP contribution in [0.15, 0.2) is 47.4 Å². The Bertz CT molecular complexity index is 1230. The van der Waals surface area contributed by atoms with Crippen LogP contribution >= 0.6 is 0 Å². The molecule has 4 heterocycles. The summed E-state index contributed by atoms with van der Waals surface area (Å²) >= 11 is 0. The van der Waals surface area contributed by atoms with Crippen LogP contribution in [0.5, 0.6) is 0 Å². The fourth-order valence-corrected chi connectivity index (χ4v) is 3.92. The highest BCUT2D eigenvalue weighted by atomic mass is 16.5. The average molecular weight is 391 g/mol. The third-order valence-corrected chi connectivity index (χ3v) is 5.29.